The summed E-state index contributed by atoms with van der Waals surface area (Å²) in [6, 6.07) is 22.3. The number of esters is 1. The van der Waals surface area contributed by atoms with Crippen molar-refractivity contribution in [1.82, 2.24) is 0 Å². The molecule has 9 nitrogen and oxygen atoms in total. The Hall–Kier alpha value is -4.49. The highest BCUT2D eigenvalue weighted by Crippen LogP contribution is 2.37. The van der Waals surface area contributed by atoms with Gasteiger partial charge in [0, 0.05) is 5.69 Å². The molecule has 37 heavy (non-hydrogen) atoms. The van der Waals surface area contributed by atoms with E-state index in [4.69, 9.17) is 15.0 Å². The minimum atomic E-state index is -3.64. The molecule has 1 N–H and O–H groups in total. The number of benzene rings is 3. The molecule has 1 atom stereocenters. The number of fused-ring (bicyclic) bond motifs is 1. The summed E-state index contributed by atoms with van der Waals surface area (Å²) in [5.74, 6) is -1.56. The van der Waals surface area contributed by atoms with Crippen molar-refractivity contribution in [3.63, 3.8) is 0 Å². The molecular formula is C27H24N4O5S. The number of aliphatic imine (C=N–C) groups is 1. The van der Waals surface area contributed by atoms with Crippen molar-refractivity contribution in [2.75, 3.05) is 29.0 Å². The van der Waals surface area contributed by atoms with Crippen LogP contribution in [0.3, 0.4) is 0 Å². The van der Waals surface area contributed by atoms with E-state index in [2.05, 4.69) is 5.32 Å². The van der Waals surface area contributed by atoms with E-state index in [9.17, 15) is 18.0 Å². The molecule has 1 unspecified atom stereocenters. The molecule has 1 amide bonds. The van der Waals surface area contributed by atoms with Gasteiger partial charge in [0.15, 0.2) is 0 Å². The fraction of sp³-hybridized carbons (Fsp3) is 0.185. The molecule has 0 fully saturated rings. The molecule has 0 bridgehead atoms. The first-order valence-electron chi connectivity index (χ1n) is 11.4. The van der Waals surface area contributed by atoms with Gasteiger partial charge in [-0.1, -0.05) is 30.3 Å². The number of hydrogen-bond acceptors (Lipinski definition) is 7. The second-order valence-corrected chi connectivity index (χ2v) is 10.2. The Morgan fingerprint density at radius 1 is 1.08 bits per heavy atom. The monoisotopic (exact) mass is 516 g/mol. The van der Waals surface area contributed by atoms with Gasteiger partial charge in [0.25, 0.3) is 0 Å². The van der Waals surface area contributed by atoms with Crippen LogP contribution in [0.5, 0.6) is 0 Å². The summed E-state index contributed by atoms with van der Waals surface area (Å²) in [4.78, 5) is 30.3. The number of sulfonamides is 1. The average Bonchev–Trinajstić information content (AvgIpc) is 3.21. The van der Waals surface area contributed by atoms with E-state index in [1.54, 1.807) is 49.4 Å². The summed E-state index contributed by atoms with van der Waals surface area (Å²) in [5, 5.41) is 11.9. The zero-order valence-electron chi connectivity index (χ0n) is 20.2. The summed E-state index contributed by atoms with van der Waals surface area (Å²) in [7, 11) is -3.64. The predicted molar refractivity (Wildman–Crippen MR) is 141 cm³/mol. The first kappa shape index (κ1) is 25.6. The molecule has 10 heteroatoms. The zero-order valence-corrected chi connectivity index (χ0v) is 21.0. The lowest BCUT2D eigenvalue weighted by atomic mass is 9.89. The van der Waals surface area contributed by atoms with Gasteiger partial charge in [-0.25, -0.2) is 13.2 Å². The van der Waals surface area contributed by atoms with Crippen molar-refractivity contribution in [3.05, 3.63) is 89.5 Å². The van der Waals surface area contributed by atoms with Crippen molar-refractivity contribution in [2.24, 2.45) is 4.99 Å². The Bertz CT molecular complexity index is 1510. The molecule has 0 radical (unpaired) electrons. The molecule has 3 aromatic rings. The van der Waals surface area contributed by atoms with Gasteiger partial charge in [0.1, 0.15) is 12.5 Å². The van der Waals surface area contributed by atoms with Crippen LogP contribution in [0.4, 0.5) is 17.1 Å². The smallest absolute Gasteiger partial charge is 0.338 e. The zero-order chi connectivity index (χ0) is 26.6. The summed E-state index contributed by atoms with van der Waals surface area (Å²) < 4.78 is 30.3. The molecule has 0 spiro atoms. The van der Waals surface area contributed by atoms with Crippen LogP contribution < -0.4 is 9.62 Å². The second kappa shape index (κ2) is 10.6. The van der Waals surface area contributed by atoms with Gasteiger partial charge in [-0.15, -0.1) is 0 Å². The van der Waals surface area contributed by atoms with E-state index >= 15 is 0 Å². The lowest BCUT2D eigenvalue weighted by Crippen LogP contribution is -2.30. The fourth-order valence-electron chi connectivity index (χ4n) is 4.08. The third-order valence-corrected chi connectivity index (χ3v) is 6.88. The van der Waals surface area contributed by atoms with Gasteiger partial charge >= 0.3 is 5.97 Å². The van der Waals surface area contributed by atoms with E-state index < -0.39 is 21.9 Å². The van der Waals surface area contributed by atoms with E-state index in [-0.39, 0.29) is 19.1 Å². The first-order chi connectivity index (χ1) is 17.7. The van der Waals surface area contributed by atoms with Crippen molar-refractivity contribution in [3.8, 4) is 6.07 Å². The van der Waals surface area contributed by atoms with Gasteiger partial charge in [0.05, 0.1) is 41.6 Å². The normalized spacial score (nSPS) is 14.9. The number of carbonyl (C=O) groups is 2. The highest BCUT2D eigenvalue weighted by Gasteiger charge is 2.36. The number of hydrogen-bond donors (Lipinski definition) is 1. The maximum Gasteiger partial charge on any atom is 0.338 e. The van der Waals surface area contributed by atoms with Crippen LogP contribution in [0.15, 0.2) is 77.8 Å². The molecule has 0 saturated heterocycles. The Balaban J connectivity index is 1.79. The highest BCUT2D eigenvalue weighted by atomic mass is 32.2. The number of amides is 1. The van der Waals surface area contributed by atoms with Crippen LogP contribution in [0.2, 0.25) is 0 Å². The van der Waals surface area contributed by atoms with Crippen LogP contribution in [0.25, 0.3) is 0 Å². The predicted octanol–water partition coefficient (Wildman–Crippen LogP) is 4.01. The number of anilines is 2. The number of nitriles is 1. The first-order valence-corrected chi connectivity index (χ1v) is 13.3. The molecule has 4 rings (SSSR count). The molecule has 188 valence electrons. The standard InChI is InChI=1S/C27H24N4O5S/c1-3-36-27(33)19-9-14-23-22(17-19)24(26(32)30-23)25(18-7-5-4-6-8-18)29-20-10-12-21(13-11-20)31(16-15-28)37(2,34)35/h4-14,17,24H,3,16H2,1-2H3,(H,30,32). The molecule has 0 aliphatic carbocycles. The summed E-state index contributed by atoms with van der Waals surface area (Å²) >= 11 is 0. The van der Waals surface area contributed by atoms with Crippen molar-refractivity contribution < 1.29 is 22.7 Å². The summed E-state index contributed by atoms with van der Waals surface area (Å²) in [6.07, 6.45) is 1.03. The maximum absolute atomic E-state index is 13.2. The van der Waals surface area contributed by atoms with Gasteiger partial charge in [-0.05, 0) is 60.5 Å². The number of nitrogens with zero attached hydrogens (tertiary/aromatic N) is 3. The van der Waals surface area contributed by atoms with Crippen LogP contribution in [-0.2, 0) is 19.6 Å². The third-order valence-electron chi connectivity index (χ3n) is 5.74. The summed E-state index contributed by atoms with van der Waals surface area (Å²) in [6.45, 7) is 1.63. The number of nitrogens with one attached hydrogen (secondary N) is 1. The Morgan fingerprint density at radius 3 is 2.41 bits per heavy atom. The van der Waals surface area contributed by atoms with Crippen molar-refractivity contribution in [1.29, 1.82) is 5.26 Å². The topological polar surface area (TPSA) is 129 Å². The van der Waals surface area contributed by atoms with Crippen LogP contribution in [0, 0.1) is 11.3 Å². The SMILES string of the molecule is CCOC(=O)c1ccc2c(c1)C(C(=Nc1ccc(N(CC#N)S(C)(=O)=O)cc1)c1ccccc1)C(=O)N2. The molecule has 1 heterocycles. The van der Waals surface area contributed by atoms with Crippen molar-refractivity contribution >= 4 is 44.7 Å². The van der Waals surface area contributed by atoms with Gasteiger partial charge in [-0.2, -0.15) is 5.26 Å². The van der Waals surface area contributed by atoms with Crippen LogP contribution >= 0.6 is 0 Å². The molecule has 1 aliphatic rings. The van der Waals surface area contributed by atoms with E-state index in [1.807, 2.05) is 36.4 Å². The van der Waals surface area contributed by atoms with Gasteiger partial charge in [-0.3, -0.25) is 14.1 Å². The average molecular weight is 517 g/mol. The molecule has 0 aromatic heterocycles. The van der Waals surface area contributed by atoms with Crippen molar-refractivity contribution in [2.45, 2.75) is 12.8 Å². The highest BCUT2D eigenvalue weighted by molar-refractivity contribution is 7.92. The fourth-order valence-corrected chi connectivity index (χ4v) is 4.87. The summed E-state index contributed by atoms with van der Waals surface area (Å²) in [5.41, 5.74) is 3.50. The lowest BCUT2D eigenvalue weighted by Gasteiger charge is -2.19. The maximum atomic E-state index is 13.2. The lowest BCUT2D eigenvalue weighted by molar-refractivity contribution is -0.115. The van der Waals surface area contributed by atoms with E-state index in [1.165, 1.54) is 0 Å². The van der Waals surface area contributed by atoms with Gasteiger partial charge < -0.3 is 10.1 Å². The quantitative estimate of drug-likeness (QED) is 0.274. The molecule has 0 saturated carbocycles. The second-order valence-electron chi connectivity index (χ2n) is 8.25. The number of rotatable bonds is 8. The molecular weight excluding hydrogens is 492 g/mol. The van der Waals surface area contributed by atoms with Crippen LogP contribution in [0.1, 0.15) is 34.3 Å². The Morgan fingerprint density at radius 2 is 1.78 bits per heavy atom. The van der Waals surface area contributed by atoms with E-state index in [0.717, 1.165) is 10.6 Å². The Labute approximate surface area is 215 Å². The molecule has 1 aliphatic heterocycles. The third kappa shape index (κ3) is 5.52. The minimum absolute atomic E-state index is 0.231. The van der Waals surface area contributed by atoms with Gasteiger partial charge in [0.2, 0.25) is 15.9 Å². The molecule has 3 aromatic carbocycles. The Kier molecular flexibility index (Phi) is 7.36. The van der Waals surface area contributed by atoms with Crippen LogP contribution in [-0.4, -0.2) is 45.4 Å². The minimum Gasteiger partial charge on any atom is -0.462 e. The number of carbonyl (C=O) groups excluding carboxylic acids is 2. The van der Waals surface area contributed by atoms with E-state index in [0.29, 0.717) is 39.5 Å². The number of ether oxygens (including phenoxy) is 1. The largest absolute Gasteiger partial charge is 0.462 e.